The summed E-state index contributed by atoms with van der Waals surface area (Å²) in [6.07, 6.45) is 1.64. The van der Waals surface area contributed by atoms with Gasteiger partial charge < -0.3 is 9.84 Å². The van der Waals surface area contributed by atoms with Crippen molar-refractivity contribution in [2.75, 3.05) is 4.61 Å². The molecule has 1 rings (SSSR count). The number of carbonyl (C=O) groups excluding carboxylic acids is 1. The Labute approximate surface area is 115 Å². The maximum Gasteiger partial charge on any atom is 0.162 e. The molecule has 0 fully saturated rings. The number of alkyl halides is 1. The van der Waals surface area contributed by atoms with E-state index in [1.165, 1.54) is 0 Å². The lowest BCUT2D eigenvalue weighted by Crippen LogP contribution is -2.07. The number of Topliss-reactive ketones (excluding diaryl/α,β-unsaturated/α-hetero) is 1. The molecule has 0 saturated carbocycles. The van der Waals surface area contributed by atoms with Crippen LogP contribution in [0.1, 0.15) is 25.8 Å². The standard InChI is InChI=1S/C13H17IO3/c1-9(10(2)15)3-4-11-5-6-12(16)13(7-11)17-8-14/h5-7,9,16H,3-4,8H2,1-2H3/t9-/m0/s1. The topological polar surface area (TPSA) is 46.5 Å². The Bertz CT molecular complexity index is 390. The van der Waals surface area contributed by atoms with Crippen LogP contribution in [0, 0.1) is 5.92 Å². The van der Waals surface area contributed by atoms with Crippen LogP contribution in [0.3, 0.4) is 0 Å². The summed E-state index contributed by atoms with van der Waals surface area (Å²) in [5.41, 5.74) is 1.08. The lowest BCUT2D eigenvalue weighted by Gasteiger charge is -2.10. The molecule has 0 aliphatic heterocycles. The highest BCUT2D eigenvalue weighted by atomic mass is 127. The molecule has 0 aromatic heterocycles. The fourth-order valence-corrected chi connectivity index (χ4v) is 1.81. The Kier molecular flexibility index (Phi) is 5.74. The van der Waals surface area contributed by atoms with E-state index in [-0.39, 0.29) is 17.5 Å². The Morgan fingerprint density at radius 3 is 2.82 bits per heavy atom. The fraction of sp³-hybridized carbons (Fsp3) is 0.462. The maximum atomic E-state index is 11.1. The first kappa shape index (κ1) is 14.3. The van der Waals surface area contributed by atoms with Crippen molar-refractivity contribution in [1.82, 2.24) is 0 Å². The van der Waals surface area contributed by atoms with Gasteiger partial charge in [0.2, 0.25) is 0 Å². The third kappa shape index (κ3) is 4.53. The molecule has 0 aliphatic rings. The number of aryl methyl sites for hydroxylation is 1. The minimum atomic E-state index is 0.0812. The number of carbonyl (C=O) groups is 1. The summed E-state index contributed by atoms with van der Waals surface area (Å²) in [6, 6.07) is 5.33. The van der Waals surface area contributed by atoms with Crippen LogP contribution in [0.25, 0.3) is 0 Å². The van der Waals surface area contributed by atoms with E-state index in [9.17, 15) is 9.90 Å². The predicted molar refractivity (Wildman–Crippen MR) is 75.8 cm³/mol. The Balaban J connectivity index is 2.65. The highest BCUT2D eigenvalue weighted by Gasteiger charge is 2.09. The number of hydrogen-bond acceptors (Lipinski definition) is 3. The second-order valence-electron chi connectivity index (χ2n) is 4.11. The third-order valence-corrected chi connectivity index (χ3v) is 3.11. The molecular formula is C13H17IO3. The molecule has 1 atom stereocenters. The molecule has 0 heterocycles. The largest absolute Gasteiger partial charge is 0.504 e. The predicted octanol–water partition coefficient (Wildman–Crippen LogP) is 3.32. The summed E-state index contributed by atoms with van der Waals surface area (Å²) < 4.78 is 5.80. The molecule has 94 valence electrons. The number of halogens is 1. The molecule has 0 saturated heterocycles. The molecule has 0 bridgehead atoms. The van der Waals surface area contributed by atoms with E-state index in [4.69, 9.17) is 4.74 Å². The number of rotatable bonds is 6. The van der Waals surface area contributed by atoms with Crippen LogP contribution in [0.2, 0.25) is 0 Å². The fourth-order valence-electron chi connectivity index (χ4n) is 1.47. The summed E-state index contributed by atoms with van der Waals surface area (Å²) in [4.78, 5) is 11.1. The van der Waals surface area contributed by atoms with Crippen molar-refractivity contribution >= 4 is 28.4 Å². The van der Waals surface area contributed by atoms with E-state index in [0.29, 0.717) is 10.4 Å². The van der Waals surface area contributed by atoms with Crippen LogP contribution < -0.4 is 4.74 Å². The second kappa shape index (κ2) is 6.83. The molecule has 3 nitrogen and oxygen atoms in total. The number of phenolic OH excluding ortho intramolecular Hbond substituents is 1. The quantitative estimate of drug-likeness (QED) is 0.634. The van der Waals surface area contributed by atoms with Crippen molar-refractivity contribution in [2.24, 2.45) is 5.92 Å². The normalized spacial score (nSPS) is 12.2. The average molecular weight is 348 g/mol. The summed E-state index contributed by atoms with van der Waals surface area (Å²) >= 11 is 2.08. The van der Waals surface area contributed by atoms with E-state index in [1.807, 2.05) is 19.1 Å². The van der Waals surface area contributed by atoms with E-state index < -0.39 is 0 Å². The molecule has 0 radical (unpaired) electrons. The van der Waals surface area contributed by atoms with Crippen molar-refractivity contribution in [3.8, 4) is 11.5 Å². The highest BCUT2D eigenvalue weighted by molar-refractivity contribution is 14.1. The molecule has 0 aliphatic carbocycles. The van der Waals surface area contributed by atoms with Gasteiger partial charge in [0.05, 0.1) is 0 Å². The molecule has 17 heavy (non-hydrogen) atoms. The molecular weight excluding hydrogens is 331 g/mol. The van der Waals surface area contributed by atoms with Gasteiger partial charge in [-0.1, -0.05) is 13.0 Å². The number of phenols is 1. The number of ether oxygens (including phenoxy) is 1. The smallest absolute Gasteiger partial charge is 0.162 e. The number of ketones is 1. The van der Waals surface area contributed by atoms with Crippen molar-refractivity contribution in [3.05, 3.63) is 23.8 Å². The monoisotopic (exact) mass is 348 g/mol. The van der Waals surface area contributed by atoms with Crippen molar-refractivity contribution in [1.29, 1.82) is 0 Å². The average Bonchev–Trinajstić information content (AvgIpc) is 2.29. The van der Waals surface area contributed by atoms with Crippen LogP contribution in [-0.4, -0.2) is 15.5 Å². The Morgan fingerprint density at radius 2 is 2.24 bits per heavy atom. The van der Waals surface area contributed by atoms with Gasteiger partial charge >= 0.3 is 0 Å². The Morgan fingerprint density at radius 1 is 1.53 bits per heavy atom. The van der Waals surface area contributed by atoms with Crippen LogP contribution in [0.15, 0.2) is 18.2 Å². The minimum Gasteiger partial charge on any atom is -0.504 e. The van der Waals surface area contributed by atoms with Gasteiger partial charge in [0.1, 0.15) is 10.4 Å². The molecule has 1 aromatic carbocycles. The van der Waals surface area contributed by atoms with Gasteiger partial charge in [-0.3, -0.25) is 4.79 Å². The molecule has 1 aromatic rings. The van der Waals surface area contributed by atoms with Gasteiger partial charge in [-0.05, 0) is 60.1 Å². The number of hydrogen-bond donors (Lipinski definition) is 1. The van der Waals surface area contributed by atoms with Gasteiger partial charge in [0.25, 0.3) is 0 Å². The second-order valence-corrected chi connectivity index (χ2v) is 4.73. The van der Waals surface area contributed by atoms with E-state index in [1.54, 1.807) is 13.0 Å². The van der Waals surface area contributed by atoms with Crippen molar-refractivity contribution < 1.29 is 14.6 Å². The number of benzene rings is 1. The first-order valence-corrected chi connectivity index (χ1v) is 7.08. The zero-order chi connectivity index (χ0) is 12.8. The summed E-state index contributed by atoms with van der Waals surface area (Å²) in [5, 5.41) is 9.55. The van der Waals surface area contributed by atoms with Crippen LogP contribution in [0.4, 0.5) is 0 Å². The van der Waals surface area contributed by atoms with Crippen LogP contribution in [-0.2, 0) is 11.2 Å². The van der Waals surface area contributed by atoms with E-state index in [2.05, 4.69) is 22.6 Å². The lowest BCUT2D eigenvalue weighted by atomic mass is 9.98. The highest BCUT2D eigenvalue weighted by Crippen LogP contribution is 2.28. The SMILES string of the molecule is CC(=O)[C@@H](C)CCc1ccc(O)c(OCI)c1. The zero-order valence-electron chi connectivity index (χ0n) is 10.1. The molecule has 4 heteroatoms. The zero-order valence-corrected chi connectivity index (χ0v) is 12.2. The third-order valence-electron chi connectivity index (χ3n) is 2.79. The van der Waals surface area contributed by atoms with Gasteiger partial charge in [-0.2, -0.15) is 0 Å². The van der Waals surface area contributed by atoms with Crippen LogP contribution >= 0.6 is 22.6 Å². The van der Waals surface area contributed by atoms with E-state index >= 15 is 0 Å². The summed E-state index contributed by atoms with van der Waals surface area (Å²) in [6.45, 7) is 3.55. The summed E-state index contributed by atoms with van der Waals surface area (Å²) in [7, 11) is 0. The van der Waals surface area contributed by atoms with Gasteiger partial charge in [-0.15, -0.1) is 0 Å². The first-order valence-electron chi connectivity index (χ1n) is 5.55. The van der Waals surface area contributed by atoms with Gasteiger partial charge in [0, 0.05) is 5.92 Å². The Hall–Kier alpha value is -0.780. The van der Waals surface area contributed by atoms with Gasteiger partial charge in [0.15, 0.2) is 11.5 Å². The lowest BCUT2D eigenvalue weighted by molar-refractivity contribution is -0.120. The molecule has 1 N–H and O–H groups in total. The molecule has 0 unspecified atom stereocenters. The first-order chi connectivity index (χ1) is 8.04. The number of aromatic hydroxyl groups is 1. The summed E-state index contributed by atoms with van der Waals surface area (Å²) in [5.74, 6) is 0.961. The van der Waals surface area contributed by atoms with E-state index in [0.717, 1.165) is 18.4 Å². The van der Waals surface area contributed by atoms with Crippen molar-refractivity contribution in [2.45, 2.75) is 26.7 Å². The molecule has 0 spiro atoms. The minimum absolute atomic E-state index is 0.0812. The van der Waals surface area contributed by atoms with Crippen molar-refractivity contribution in [3.63, 3.8) is 0 Å². The maximum absolute atomic E-state index is 11.1. The van der Waals surface area contributed by atoms with Gasteiger partial charge in [-0.25, -0.2) is 0 Å². The van der Waals surface area contributed by atoms with Crippen LogP contribution in [0.5, 0.6) is 11.5 Å². The molecule has 0 amide bonds.